The number of aliphatic hydroxyl groups is 1. The average molecular weight is 478 g/mol. The molecule has 0 rings (SSSR count). The van der Waals surface area contributed by atoms with Gasteiger partial charge in [-0.1, -0.05) is 48.5 Å². The van der Waals surface area contributed by atoms with Gasteiger partial charge in [0.2, 0.25) is 5.91 Å². The van der Waals surface area contributed by atoms with Gasteiger partial charge in [0.15, 0.2) is 0 Å². The third kappa shape index (κ3) is 7.23. The Morgan fingerprint density at radius 1 is 1.00 bits per heavy atom. The van der Waals surface area contributed by atoms with Gasteiger partial charge < -0.3 is 10.4 Å². The van der Waals surface area contributed by atoms with Crippen molar-refractivity contribution in [3.8, 4) is 0 Å². The molecule has 1 unspecified atom stereocenters. The molecule has 8 nitrogen and oxygen atoms in total. The summed E-state index contributed by atoms with van der Waals surface area (Å²) in [5.41, 5.74) is -2.05. The number of carbonyl (C=O) groups excluding carboxylic acids is 2. The summed E-state index contributed by atoms with van der Waals surface area (Å²) in [5.74, 6) is -0.308. The first kappa shape index (κ1) is 31.0. The number of likely N-dealkylation sites (N-methyl/N-ethyl adjacent to an activating group) is 1. The highest BCUT2D eigenvalue weighted by molar-refractivity contribution is 7.86. The molecule has 32 heavy (non-hydrogen) atoms. The molecule has 0 heterocycles. The van der Waals surface area contributed by atoms with Crippen molar-refractivity contribution in [3.63, 3.8) is 0 Å². The number of nitrogens with one attached hydrogen (secondary N) is 1. The summed E-state index contributed by atoms with van der Waals surface area (Å²) in [6.07, 6.45) is -0.203. The van der Waals surface area contributed by atoms with Crippen molar-refractivity contribution >= 4 is 21.9 Å². The van der Waals surface area contributed by atoms with E-state index in [9.17, 15) is 23.1 Å². The molecule has 190 valence electrons. The van der Waals surface area contributed by atoms with Gasteiger partial charge in [0.05, 0.1) is 12.1 Å². The highest BCUT2D eigenvalue weighted by atomic mass is 32.2. The van der Waals surface area contributed by atoms with E-state index in [2.05, 4.69) is 5.32 Å². The van der Waals surface area contributed by atoms with Gasteiger partial charge in [0, 0.05) is 43.9 Å². The molecule has 0 aliphatic heterocycles. The first-order chi connectivity index (χ1) is 14.1. The largest absolute Gasteiger partial charge is 0.390 e. The van der Waals surface area contributed by atoms with Gasteiger partial charge in [-0.2, -0.15) is 17.0 Å². The molecule has 0 aliphatic rings. The minimum atomic E-state index is -3.78. The van der Waals surface area contributed by atoms with Gasteiger partial charge in [0.25, 0.3) is 10.2 Å². The first-order valence-corrected chi connectivity index (χ1v) is 12.8. The molecule has 0 aliphatic carbocycles. The Morgan fingerprint density at radius 3 is 1.88 bits per heavy atom. The fourth-order valence-electron chi connectivity index (χ4n) is 2.91. The maximum Gasteiger partial charge on any atom is 0.282 e. The van der Waals surface area contributed by atoms with Crippen LogP contribution in [0.1, 0.15) is 82.1 Å². The zero-order valence-electron chi connectivity index (χ0n) is 22.2. The Balaban J connectivity index is 5.31. The number of hydrogen-bond donors (Lipinski definition) is 2. The Bertz CT molecular complexity index is 760. The van der Waals surface area contributed by atoms with Gasteiger partial charge in [-0.3, -0.25) is 9.59 Å². The minimum Gasteiger partial charge on any atom is -0.390 e. The number of ketones is 1. The number of carbonyl (C=O) groups is 2. The van der Waals surface area contributed by atoms with E-state index >= 15 is 0 Å². The lowest BCUT2D eigenvalue weighted by Gasteiger charge is -2.41. The van der Waals surface area contributed by atoms with Crippen LogP contribution in [0.3, 0.4) is 0 Å². The second kappa shape index (κ2) is 10.9. The molecule has 0 fully saturated rings. The summed E-state index contributed by atoms with van der Waals surface area (Å²) in [7, 11) is -0.842. The smallest absolute Gasteiger partial charge is 0.282 e. The maximum atomic E-state index is 13.1. The molecule has 0 aromatic carbocycles. The van der Waals surface area contributed by atoms with Crippen LogP contribution >= 0.6 is 0 Å². The number of rotatable bonds is 13. The summed E-state index contributed by atoms with van der Waals surface area (Å²) in [6, 6.07) is -0.680. The molecule has 9 heteroatoms. The lowest BCUT2D eigenvalue weighted by Crippen LogP contribution is -2.55. The van der Waals surface area contributed by atoms with Crippen LogP contribution in [-0.2, 0) is 19.8 Å². The topological polar surface area (TPSA) is 107 Å². The number of nitrogens with zero attached hydrogens (tertiary/aromatic N) is 2. The fourth-order valence-corrected chi connectivity index (χ4v) is 4.42. The second-order valence-corrected chi connectivity index (χ2v) is 13.1. The van der Waals surface area contributed by atoms with Crippen LogP contribution < -0.4 is 5.32 Å². The molecule has 0 saturated heterocycles. The van der Waals surface area contributed by atoms with Crippen LogP contribution in [0.15, 0.2) is 0 Å². The molecule has 0 bridgehead atoms. The van der Waals surface area contributed by atoms with Crippen LogP contribution in [0.4, 0.5) is 0 Å². The highest BCUT2D eigenvalue weighted by Gasteiger charge is 2.45. The zero-order valence-corrected chi connectivity index (χ0v) is 23.1. The molecule has 0 radical (unpaired) electrons. The second-order valence-electron chi connectivity index (χ2n) is 11.1. The molecule has 2 N–H and O–H groups in total. The number of Topliss-reactive ketones (excluding diaryl/α,β-unsaturated/α-hetero) is 1. The van der Waals surface area contributed by atoms with E-state index in [0.29, 0.717) is 6.42 Å². The number of aliphatic hydroxyl groups excluding tert-OH is 1. The van der Waals surface area contributed by atoms with E-state index in [4.69, 9.17) is 0 Å². The van der Waals surface area contributed by atoms with Crippen molar-refractivity contribution in [2.45, 2.75) is 99.8 Å². The van der Waals surface area contributed by atoms with E-state index in [-0.39, 0.29) is 30.6 Å². The van der Waals surface area contributed by atoms with E-state index in [1.165, 1.54) is 18.4 Å². The Kier molecular flexibility index (Phi) is 10.6. The maximum absolute atomic E-state index is 13.1. The van der Waals surface area contributed by atoms with Crippen molar-refractivity contribution in [2.75, 3.05) is 20.6 Å². The van der Waals surface area contributed by atoms with Crippen LogP contribution in [0, 0.1) is 16.7 Å². The van der Waals surface area contributed by atoms with Crippen molar-refractivity contribution in [1.82, 2.24) is 13.9 Å². The quantitative estimate of drug-likeness (QED) is 0.424. The van der Waals surface area contributed by atoms with Crippen molar-refractivity contribution in [2.24, 2.45) is 16.7 Å². The average Bonchev–Trinajstić information content (AvgIpc) is 2.66. The van der Waals surface area contributed by atoms with Crippen LogP contribution in [-0.4, -0.2) is 72.2 Å². The molecule has 0 saturated carbocycles. The third-order valence-corrected chi connectivity index (χ3v) is 9.48. The molecule has 2 atom stereocenters. The Labute approximate surface area is 196 Å². The lowest BCUT2D eigenvalue weighted by molar-refractivity contribution is -0.139. The van der Waals surface area contributed by atoms with Gasteiger partial charge in [-0.25, -0.2) is 0 Å². The molecular weight excluding hydrogens is 430 g/mol. The van der Waals surface area contributed by atoms with E-state index in [1.54, 1.807) is 20.8 Å². The van der Waals surface area contributed by atoms with E-state index < -0.39 is 38.7 Å². The summed E-state index contributed by atoms with van der Waals surface area (Å²) in [5, 5.41) is 13.5. The predicted octanol–water partition coefficient (Wildman–Crippen LogP) is 2.82. The molecule has 0 aromatic heterocycles. The third-order valence-electron chi connectivity index (χ3n) is 7.36. The van der Waals surface area contributed by atoms with Crippen molar-refractivity contribution in [1.29, 1.82) is 0 Å². The number of hydrogen-bond acceptors (Lipinski definition) is 5. The Hall–Kier alpha value is -1.03. The highest BCUT2D eigenvalue weighted by Crippen LogP contribution is 2.42. The first-order valence-electron chi connectivity index (χ1n) is 11.4. The van der Waals surface area contributed by atoms with E-state index in [0.717, 1.165) is 4.31 Å². The molecule has 0 aromatic rings. The van der Waals surface area contributed by atoms with Crippen LogP contribution in [0.5, 0.6) is 0 Å². The SMILES string of the molecule is CCC(C)(C)N(C)S(=O)(=O)N(C)CC(O)[C@H](C)NC(=O)C(C)(C)C(C)(C)CC(=O)C(C)C. The monoisotopic (exact) mass is 477 g/mol. The fraction of sp³-hybridized carbons (Fsp3) is 0.913. The summed E-state index contributed by atoms with van der Waals surface area (Å²) in [6.45, 7) is 18.1. The molecule has 0 spiro atoms. The van der Waals surface area contributed by atoms with Gasteiger partial charge in [-0.15, -0.1) is 0 Å². The van der Waals surface area contributed by atoms with E-state index in [1.807, 2.05) is 48.5 Å². The van der Waals surface area contributed by atoms with Crippen molar-refractivity contribution in [3.05, 3.63) is 0 Å². The van der Waals surface area contributed by atoms with Crippen LogP contribution in [0.2, 0.25) is 0 Å². The minimum absolute atomic E-state index is 0.0925. The standard InChI is InChI=1S/C23H47N3O5S/c1-13-22(7,8)26(12)32(30,31)25(11)15-19(28)17(4)24-20(29)23(9,10)21(5,6)14-18(27)16(2)3/h16-17,19,28H,13-15H2,1-12H3,(H,24,29)/t17-,19?/m0/s1. The van der Waals surface area contributed by atoms with Crippen molar-refractivity contribution < 1.29 is 23.1 Å². The van der Waals surface area contributed by atoms with Crippen LogP contribution in [0.25, 0.3) is 0 Å². The zero-order chi connectivity index (χ0) is 25.9. The van der Waals surface area contributed by atoms with Gasteiger partial charge in [-0.05, 0) is 32.6 Å². The van der Waals surface area contributed by atoms with Gasteiger partial charge >= 0.3 is 0 Å². The lowest BCUT2D eigenvalue weighted by atomic mass is 9.64. The summed E-state index contributed by atoms with van der Waals surface area (Å²) in [4.78, 5) is 25.3. The summed E-state index contributed by atoms with van der Waals surface area (Å²) < 4.78 is 28.2. The summed E-state index contributed by atoms with van der Waals surface area (Å²) >= 11 is 0. The number of amides is 1. The Morgan fingerprint density at radius 2 is 1.47 bits per heavy atom. The van der Waals surface area contributed by atoms with Gasteiger partial charge in [0.1, 0.15) is 5.78 Å². The molecular formula is C23H47N3O5S. The predicted molar refractivity (Wildman–Crippen MR) is 129 cm³/mol. The normalized spacial score (nSPS) is 15.9. The molecule has 1 amide bonds.